The SMILES string of the molecule is CC(C)C1=[N+](C)CCN1C(C)C. The fourth-order valence-electron chi connectivity index (χ4n) is 2.00. The van der Waals surface area contributed by atoms with Gasteiger partial charge in [-0.25, -0.2) is 0 Å². The van der Waals surface area contributed by atoms with Crippen LogP contribution in [0.2, 0.25) is 0 Å². The van der Waals surface area contributed by atoms with Crippen molar-refractivity contribution in [1.82, 2.24) is 4.90 Å². The molecule has 0 N–H and O–H groups in total. The molecule has 1 aliphatic heterocycles. The number of amidine groups is 1. The smallest absolute Gasteiger partial charge is 0.249 e. The summed E-state index contributed by atoms with van der Waals surface area (Å²) in [7, 11) is 2.19. The summed E-state index contributed by atoms with van der Waals surface area (Å²) < 4.78 is 2.38. The lowest BCUT2D eigenvalue weighted by Gasteiger charge is -2.19. The van der Waals surface area contributed by atoms with Crippen LogP contribution < -0.4 is 0 Å². The van der Waals surface area contributed by atoms with E-state index in [1.165, 1.54) is 18.9 Å². The molecule has 2 nitrogen and oxygen atoms in total. The molecule has 0 bridgehead atoms. The lowest BCUT2D eigenvalue weighted by atomic mass is 10.1. The van der Waals surface area contributed by atoms with Gasteiger partial charge in [0, 0.05) is 0 Å². The maximum atomic E-state index is 2.50. The zero-order chi connectivity index (χ0) is 9.30. The second kappa shape index (κ2) is 3.46. The van der Waals surface area contributed by atoms with Gasteiger partial charge in [-0.1, -0.05) is 13.8 Å². The summed E-state index contributed by atoms with van der Waals surface area (Å²) in [5, 5.41) is 0. The summed E-state index contributed by atoms with van der Waals surface area (Å²) in [6.45, 7) is 11.5. The van der Waals surface area contributed by atoms with E-state index < -0.39 is 0 Å². The highest BCUT2D eigenvalue weighted by Crippen LogP contribution is 2.12. The molecule has 0 radical (unpaired) electrons. The molecule has 0 aliphatic carbocycles. The third-order valence-corrected chi connectivity index (χ3v) is 2.50. The van der Waals surface area contributed by atoms with Crippen molar-refractivity contribution >= 4 is 5.84 Å². The standard InChI is InChI=1S/C10H21N2/c1-8(2)10-11(5)6-7-12(10)9(3)4/h8-9H,6-7H2,1-5H3/q+1. The summed E-state index contributed by atoms with van der Waals surface area (Å²) >= 11 is 0. The lowest BCUT2D eigenvalue weighted by molar-refractivity contribution is -0.488. The van der Waals surface area contributed by atoms with Crippen LogP contribution in [0.3, 0.4) is 0 Å². The van der Waals surface area contributed by atoms with Crippen LogP contribution in [0.25, 0.3) is 0 Å². The molecule has 70 valence electrons. The van der Waals surface area contributed by atoms with Gasteiger partial charge < -0.3 is 0 Å². The average Bonchev–Trinajstić information content (AvgIpc) is 2.30. The fourth-order valence-corrected chi connectivity index (χ4v) is 2.00. The lowest BCUT2D eigenvalue weighted by Crippen LogP contribution is -2.38. The third kappa shape index (κ3) is 1.62. The first-order valence-corrected chi connectivity index (χ1v) is 4.88. The molecule has 2 heteroatoms. The van der Waals surface area contributed by atoms with Crippen molar-refractivity contribution in [3.05, 3.63) is 0 Å². The van der Waals surface area contributed by atoms with Gasteiger partial charge in [0.15, 0.2) is 0 Å². The van der Waals surface area contributed by atoms with Crippen LogP contribution in [-0.2, 0) is 0 Å². The number of rotatable bonds is 2. The van der Waals surface area contributed by atoms with E-state index in [1.54, 1.807) is 0 Å². The number of hydrogen-bond acceptors (Lipinski definition) is 1. The van der Waals surface area contributed by atoms with Gasteiger partial charge in [0.05, 0.1) is 19.0 Å². The summed E-state index contributed by atoms with van der Waals surface area (Å²) in [5.41, 5.74) is 0. The second-order valence-electron chi connectivity index (χ2n) is 4.22. The highest BCUT2D eigenvalue weighted by atomic mass is 15.3. The van der Waals surface area contributed by atoms with Crippen LogP contribution >= 0.6 is 0 Å². The van der Waals surface area contributed by atoms with Gasteiger partial charge in [-0.3, -0.25) is 9.48 Å². The van der Waals surface area contributed by atoms with E-state index >= 15 is 0 Å². The van der Waals surface area contributed by atoms with Crippen LogP contribution in [-0.4, -0.2) is 41.5 Å². The van der Waals surface area contributed by atoms with Crippen molar-refractivity contribution in [2.75, 3.05) is 20.1 Å². The first kappa shape index (κ1) is 9.56. The number of nitrogens with zero attached hydrogens (tertiary/aromatic N) is 2. The Balaban J connectivity index is 2.82. The van der Waals surface area contributed by atoms with Crippen molar-refractivity contribution in [3.8, 4) is 0 Å². The van der Waals surface area contributed by atoms with Crippen LogP contribution in [0, 0.1) is 5.92 Å². The fraction of sp³-hybridized carbons (Fsp3) is 0.900. The third-order valence-electron chi connectivity index (χ3n) is 2.50. The average molecular weight is 169 g/mol. The van der Waals surface area contributed by atoms with Crippen molar-refractivity contribution in [2.45, 2.75) is 33.7 Å². The summed E-state index contributed by atoms with van der Waals surface area (Å²) in [6, 6.07) is 0.646. The van der Waals surface area contributed by atoms with Crippen LogP contribution in [0.5, 0.6) is 0 Å². The molecule has 1 aliphatic rings. The van der Waals surface area contributed by atoms with E-state index in [2.05, 4.69) is 44.2 Å². The normalized spacial score (nSPS) is 18.8. The molecule has 0 fully saturated rings. The molecule has 0 aromatic carbocycles. The highest BCUT2D eigenvalue weighted by molar-refractivity contribution is 5.80. The van der Waals surface area contributed by atoms with Crippen molar-refractivity contribution in [1.29, 1.82) is 0 Å². The summed E-state index contributed by atoms with van der Waals surface area (Å²) in [5.74, 6) is 2.16. The van der Waals surface area contributed by atoms with Gasteiger partial charge in [-0.2, -0.15) is 0 Å². The van der Waals surface area contributed by atoms with Gasteiger partial charge in [0.2, 0.25) is 5.84 Å². The van der Waals surface area contributed by atoms with E-state index in [-0.39, 0.29) is 0 Å². The Hall–Kier alpha value is -0.530. The maximum absolute atomic E-state index is 2.50. The quantitative estimate of drug-likeness (QED) is 0.566. The molecule has 0 saturated carbocycles. The first-order valence-electron chi connectivity index (χ1n) is 4.88. The Labute approximate surface area is 75.9 Å². The van der Waals surface area contributed by atoms with E-state index in [1.807, 2.05) is 0 Å². The minimum atomic E-state index is 0.646. The molecular formula is C10H21N2+. The van der Waals surface area contributed by atoms with Gasteiger partial charge >= 0.3 is 0 Å². The second-order valence-corrected chi connectivity index (χ2v) is 4.22. The molecule has 0 spiro atoms. The number of likely N-dealkylation sites (N-methyl/N-ethyl adjacent to an activating group) is 1. The largest absolute Gasteiger partial charge is 0.264 e. The molecule has 0 saturated heterocycles. The van der Waals surface area contributed by atoms with Gasteiger partial charge in [-0.15, -0.1) is 0 Å². The van der Waals surface area contributed by atoms with E-state index in [0.29, 0.717) is 12.0 Å². The first-order chi connectivity index (χ1) is 5.54. The van der Waals surface area contributed by atoms with E-state index in [9.17, 15) is 0 Å². The van der Waals surface area contributed by atoms with Crippen LogP contribution in [0.4, 0.5) is 0 Å². The molecule has 0 unspecified atom stereocenters. The predicted octanol–water partition coefficient (Wildman–Crippen LogP) is 1.41. The topological polar surface area (TPSA) is 6.25 Å². The summed E-state index contributed by atoms with van der Waals surface area (Å²) in [4.78, 5) is 2.50. The Bertz CT molecular complexity index is 192. The Morgan fingerprint density at radius 1 is 1.25 bits per heavy atom. The Morgan fingerprint density at radius 2 is 1.83 bits per heavy atom. The maximum Gasteiger partial charge on any atom is 0.249 e. The zero-order valence-electron chi connectivity index (χ0n) is 8.96. The minimum absolute atomic E-state index is 0.646. The molecule has 0 atom stereocenters. The van der Waals surface area contributed by atoms with Crippen molar-refractivity contribution in [3.63, 3.8) is 0 Å². The van der Waals surface area contributed by atoms with Gasteiger partial charge in [0.1, 0.15) is 13.1 Å². The van der Waals surface area contributed by atoms with Crippen molar-refractivity contribution < 1.29 is 4.58 Å². The molecular weight excluding hydrogens is 148 g/mol. The Morgan fingerprint density at radius 3 is 2.17 bits per heavy atom. The minimum Gasteiger partial charge on any atom is -0.264 e. The molecule has 1 rings (SSSR count). The zero-order valence-corrected chi connectivity index (χ0v) is 8.96. The van der Waals surface area contributed by atoms with E-state index in [4.69, 9.17) is 0 Å². The predicted molar refractivity (Wildman–Crippen MR) is 52.7 cm³/mol. The molecule has 12 heavy (non-hydrogen) atoms. The van der Waals surface area contributed by atoms with E-state index in [0.717, 1.165) is 0 Å². The molecule has 0 aromatic heterocycles. The Kier molecular flexibility index (Phi) is 2.76. The monoisotopic (exact) mass is 169 g/mol. The van der Waals surface area contributed by atoms with Gasteiger partial charge in [-0.05, 0) is 13.8 Å². The molecule has 1 heterocycles. The molecule has 0 aromatic rings. The molecule has 0 amide bonds. The van der Waals surface area contributed by atoms with Crippen LogP contribution in [0.15, 0.2) is 0 Å². The summed E-state index contributed by atoms with van der Waals surface area (Å²) in [6.07, 6.45) is 0. The number of hydrogen-bond donors (Lipinski definition) is 0. The van der Waals surface area contributed by atoms with Gasteiger partial charge in [0.25, 0.3) is 0 Å². The van der Waals surface area contributed by atoms with Crippen LogP contribution in [0.1, 0.15) is 27.7 Å². The van der Waals surface area contributed by atoms with Crippen molar-refractivity contribution in [2.24, 2.45) is 5.92 Å². The highest BCUT2D eigenvalue weighted by Gasteiger charge is 2.32.